The first kappa shape index (κ1) is 27.4. The minimum atomic E-state index is -4.50. The Kier molecular flexibility index (Phi) is 7.37. The van der Waals surface area contributed by atoms with Gasteiger partial charge in [-0.3, -0.25) is 4.79 Å². The SMILES string of the molecule is Cc1cccc(CNc2ncnc3ccc(-c4cccc(CN(C(=O)c5cccc(C(F)(F)F)c5)C5CC5)c4)cc23)c1. The zero-order chi connectivity index (χ0) is 29.3. The highest BCUT2D eigenvalue weighted by atomic mass is 19.4. The smallest absolute Gasteiger partial charge is 0.365 e. The number of nitrogens with zero attached hydrogens (tertiary/aromatic N) is 3. The van der Waals surface area contributed by atoms with Crippen LogP contribution < -0.4 is 5.32 Å². The number of amides is 1. The first-order chi connectivity index (χ1) is 20.2. The second-order valence-electron chi connectivity index (χ2n) is 10.7. The lowest BCUT2D eigenvalue weighted by Crippen LogP contribution is -2.32. The van der Waals surface area contributed by atoms with E-state index in [1.165, 1.54) is 17.7 Å². The van der Waals surface area contributed by atoms with Crippen LogP contribution in [0.5, 0.6) is 0 Å². The summed E-state index contributed by atoms with van der Waals surface area (Å²) in [5.74, 6) is 0.354. The highest BCUT2D eigenvalue weighted by molar-refractivity contribution is 5.95. The maximum atomic E-state index is 13.4. The van der Waals surface area contributed by atoms with Crippen LogP contribution in [0.2, 0.25) is 0 Å². The van der Waals surface area contributed by atoms with Crippen LogP contribution in [-0.4, -0.2) is 26.8 Å². The van der Waals surface area contributed by atoms with E-state index in [2.05, 4.69) is 46.5 Å². The van der Waals surface area contributed by atoms with E-state index in [1.807, 2.05) is 42.5 Å². The van der Waals surface area contributed by atoms with Gasteiger partial charge in [-0.25, -0.2) is 9.97 Å². The molecule has 1 heterocycles. The summed E-state index contributed by atoms with van der Waals surface area (Å²) in [5.41, 5.74) is 5.24. The molecule has 0 aliphatic heterocycles. The van der Waals surface area contributed by atoms with Gasteiger partial charge in [0, 0.05) is 30.1 Å². The highest BCUT2D eigenvalue weighted by Gasteiger charge is 2.35. The van der Waals surface area contributed by atoms with Gasteiger partial charge in [-0.15, -0.1) is 0 Å². The van der Waals surface area contributed by atoms with Crippen molar-refractivity contribution in [3.05, 3.63) is 125 Å². The van der Waals surface area contributed by atoms with Crippen LogP contribution in [-0.2, 0) is 19.3 Å². The molecule has 42 heavy (non-hydrogen) atoms. The van der Waals surface area contributed by atoms with Crippen molar-refractivity contribution >= 4 is 22.6 Å². The maximum absolute atomic E-state index is 13.4. The molecule has 5 aromatic rings. The number of carbonyl (C=O) groups excluding carboxylic acids is 1. The molecule has 1 N–H and O–H groups in total. The van der Waals surface area contributed by atoms with Gasteiger partial charge in [-0.05, 0) is 78.4 Å². The number of hydrogen-bond donors (Lipinski definition) is 1. The van der Waals surface area contributed by atoms with Crippen molar-refractivity contribution in [2.45, 2.75) is 45.1 Å². The fraction of sp³-hybridized carbons (Fsp3) is 0.206. The van der Waals surface area contributed by atoms with Crippen LogP contribution in [0.3, 0.4) is 0 Å². The molecule has 8 heteroatoms. The van der Waals surface area contributed by atoms with E-state index in [1.54, 1.807) is 11.2 Å². The van der Waals surface area contributed by atoms with Gasteiger partial charge < -0.3 is 10.2 Å². The van der Waals surface area contributed by atoms with Crippen LogP contribution in [0.1, 0.15) is 45.5 Å². The van der Waals surface area contributed by atoms with E-state index < -0.39 is 11.7 Å². The average Bonchev–Trinajstić information content (AvgIpc) is 3.84. The normalized spacial score (nSPS) is 13.2. The molecule has 6 rings (SSSR count). The standard InChI is InChI=1S/C34H29F3N4O/c1-22-5-2-6-23(15-22)19-38-32-30-18-26(11-14-31(30)39-21-40-32)25-8-3-7-24(16-25)20-41(29-12-13-29)33(42)27-9-4-10-28(17-27)34(35,36)37/h2-11,14-18,21,29H,12-13,19-20H2,1H3,(H,38,39,40). The molecule has 0 unspecified atom stereocenters. The number of benzene rings is 4. The Labute approximate surface area is 242 Å². The molecule has 1 amide bonds. The zero-order valence-corrected chi connectivity index (χ0v) is 23.0. The predicted octanol–water partition coefficient (Wildman–Crippen LogP) is 8.04. The summed E-state index contributed by atoms with van der Waals surface area (Å²) >= 11 is 0. The van der Waals surface area contributed by atoms with Gasteiger partial charge in [0.2, 0.25) is 0 Å². The number of aromatic nitrogens is 2. The Balaban J connectivity index is 1.25. The third kappa shape index (κ3) is 6.12. The van der Waals surface area contributed by atoms with Crippen LogP contribution in [0.15, 0.2) is 97.3 Å². The Morgan fingerprint density at radius 3 is 2.43 bits per heavy atom. The lowest BCUT2D eigenvalue weighted by Gasteiger charge is -2.23. The van der Waals surface area contributed by atoms with Gasteiger partial charge in [0.25, 0.3) is 5.91 Å². The largest absolute Gasteiger partial charge is 0.416 e. The Hall–Kier alpha value is -4.72. The molecule has 4 aromatic carbocycles. The van der Waals surface area contributed by atoms with Crippen molar-refractivity contribution < 1.29 is 18.0 Å². The monoisotopic (exact) mass is 566 g/mol. The van der Waals surface area contributed by atoms with Crippen molar-refractivity contribution in [3.63, 3.8) is 0 Å². The van der Waals surface area contributed by atoms with Gasteiger partial charge in [0.1, 0.15) is 12.1 Å². The highest BCUT2D eigenvalue weighted by Crippen LogP contribution is 2.34. The topological polar surface area (TPSA) is 58.1 Å². The number of hydrogen-bond acceptors (Lipinski definition) is 4. The number of rotatable bonds is 8. The predicted molar refractivity (Wildman–Crippen MR) is 158 cm³/mol. The molecule has 0 spiro atoms. The van der Waals surface area contributed by atoms with Gasteiger partial charge in [-0.1, -0.05) is 60.2 Å². The van der Waals surface area contributed by atoms with Gasteiger partial charge in [-0.2, -0.15) is 13.2 Å². The Morgan fingerprint density at radius 2 is 1.64 bits per heavy atom. The van der Waals surface area contributed by atoms with E-state index in [-0.39, 0.29) is 17.5 Å². The minimum Gasteiger partial charge on any atom is -0.365 e. The molecule has 0 bridgehead atoms. The summed E-state index contributed by atoms with van der Waals surface area (Å²) in [4.78, 5) is 24.0. The number of fused-ring (bicyclic) bond motifs is 1. The van der Waals surface area contributed by atoms with Crippen LogP contribution >= 0.6 is 0 Å². The van der Waals surface area contributed by atoms with Gasteiger partial charge in [0.05, 0.1) is 11.1 Å². The number of carbonyl (C=O) groups is 1. The molecule has 1 aliphatic rings. The Bertz CT molecular complexity index is 1760. The molecule has 212 valence electrons. The molecule has 1 aromatic heterocycles. The molecule has 0 atom stereocenters. The quantitative estimate of drug-likeness (QED) is 0.207. The van der Waals surface area contributed by atoms with Crippen molar-refractivity contribution in [3.8, 4) is 11.1 Å². The molecule has 1 saturated carbocycles. The summed E-state index contributed by atoms with van der Waals surface area (Å²) in [6, 6.07) is 26.9. The third-order valence-electron chi connectivity index (χ3n) is 7.48. The maximum Gasteiger partial charge on any atom is 0.416 e. The lowest BCUT2D eigenvalue weighted by atomic mass is 10.0. The number of alkyl halides is 3. The molecular weight excluding hydrogens is 537 g/mol. The molecular formula is C34H29F3N4O. The van der Waals surface area contributed by atoms with Crippen LogP contribution in [0, 0.1) is 6.92 Å². The summed E-state index contributed by atoms with van der Waals surface area (Å²) in [6.45, 7) is 3.01. The molecule has 0 saturated heterocycles. The first-order valence-electron chi connectivity index (χ1n) is 13.9. The first-order valence-corrected chi connectivity index (χ1v) is 13.9. The third-order valence-corrected chi connectivity index (χ3v) is 7.48. The van der Waals surface area contributed by atoms with Crippen molar-refractivity contribution in [2.75, 3.05) is 5.32 Å². The van der Waals surface area contributed by atoms with Gasteiger partial charge >= 0.3 is 6.18 Å². The average molecular weight is 567 g/mol. The fourth-order valence-corrected chi connectivity index (χ4v) is 5.18. The number of halogens is 3. The van der Waals surface area contributed by atoms with E-state index >= 15 is 0 Å². The van der Waals surface area contributed by atoms with E-state index in [0.29, 0.717) is 13.1 Å². The molecule has 5 nitrogen and oxygen atoms in total. The zero-order valence-electron chi connectivity index (χ0n) is 23.0. The van der Waals surface area contributed by atoms with E-state index in [4.69, 9.17) is 0 Å². The number of anilines is 1. The molecule has 1 aliphatic carbocycles. The van der Waals surface area contributed by atoms with Crippen molar-refractivity contribution in [2.24, 2.45) is 0 Å². The van der Waals surface area contributed by atoms with Crippen molar-refractivity contribution in [1.82, 2.24) is 14.9 Å². The summed E-state index contributed by atoms with van der Waals surface area (Å²) in [6.07, 6.45) is -1.27. The van der Waals surface area contributed by atoms with Crippen molar-refractivity contribution in [1.29, 1.82) is 0 Å². The Morgan fingerprint density at radius 1 is 0.881 bits per heavy atom. The van der Waals surface area contributed by atoms with Crippen LogP contribution in [0.4, 0.5) is 19.0 Å². The molecule has 0 radical (unpaired) electrons. The number of aryl methyl sites for hydroxylation is 1. The molecule has 1 fully saturated rings. The lowest BCUT2D eigenvalue weighted by molar-refractivity contribution is -0.137. The van der Waals surface area contributed by atoms with E-state index in [9.17, 15) is 18.0 Å². The second kappa shape index (κ2) is 11.3. The van der Waals surface area contributed by atoms with Gasteiger partial charge in [0.15, 0.2) is 0 Å². The minimum absolute atomic E-state index is 0.0237. The number of nitrogens with one attached hydrogen (secondary N) is 1. The summed E-state index contributed by atoms with van der Waals surface area (Å²) in [7, 11) is 0. The summed E-state index contributed by atoms with van der Waals surface area (Å²) < 4.78 is 39.8. The van der Waals surface area contributed by atoms with E-state index in [0.717, 1.165) is 63.9 Å². The second-order valence-corrected chi connectivity index (χ2v) is 10.7. The summed E-state index contributed by atoms with van der Waals surface area (Å²) in [5, 5.41) is 4.34. The van der Waals surface area contributed by atoms with Crippen LogP contribution in [0.25, 0.3) is 22.0 Å². The fourth-order valence-electron chi connectivity index (χ4n) is 5.18.